The quantitative estimate of drug-likeness (QED) is 0.399. The van der Waals surface area contributed by atoms with E-state index in [1.165, 1.54) is 5.56 Å². The third kappa shape index (κ3) is 4.16. The van der Waals surface area contributed by atoms with Gasteiger partial charge in [-0.2, -0.15) is 0 Å². The highest BCUT2D eigenvalue weighted by atomic mass is 16.4. The number of hydrogen-bond donors (Lipinski definition) is 1. The topological polar surface area (TPSA) is 66.6 Å². The zero-order chi connectivity index (χ0) is 22.9. The van der Waals surface area contributed by atoms with Crippen molar-refractivity contribution >= 4 is 17.1 Å². The molecule has 5 heteroatoms. The second-order valence-electron chi connectivity index (χ2n) is 8.94. The molecule has 0 radical (unpaired) electrons. The van der Waals surface area contributed by atoms with Crippen molar-refractivity contribution in [2.45, 2.75) is 45.7 Å². The molecule has 2 heterocycles. The molecule has 3 aromatic carbocycles. The Morgan fingerprint density at radius 1 is 1.06 bits per heavy atom. The molecule has 1 fully saturated rings. The third-order valence-corrected chi connectivity index (χ3v) is 6.67. The highest BCUT2D eigenvalue weighted by Crippen LogP contribution is 2.34. The number of fused-ring (bicyclic) bond motifs is 1. The Morgan fingerprint density at radius 3 is 2.64 bits per heavy atom. The van der Waals surface area contributed by atoms with E-state index in [4.69, 9.17) is 9.40 Å². The van der Waals surface area contributed by atoms with Crippen LogP contribution in [0.4, 0.5) is 0 Å². The van der Waals surface area contributed by atoms with E-state index in [1.807, 2.05) is 43.3 Å². The lowest BCUT2D eigenvalue weighted by Gasteiger charge is -2.32. The van der Waals surface area contributed by atoms with Crippen LogP contribution in [0.1, 0.15) is 36.0 Å². The van der Waals surface area contributed by atoms with Gasteiger partial charge in [0.2, 0.25) is 5.89 Å². The van der Waals surface area contributed by atoms with E-state index in [9.17, 15) is 9.90 Å². The maximum Gasteiger partial charge on any atom is 0.320 e. The maximum absolute atomic E-state index is 11.7. The number of hydrogen-bond acceptors (Lipinski definition) is 4. The third-order valence-electron chi connectivity index (χ3n) is 6.67. The minimum absolute atomic E-state index is 0.411. The van der Waals surface area contributed by atoms with Crippen molar-refractivity contribution in [1.82, 2.24) is 9.88 Å². The molecular weight excluding hydrogens is 412 g/mol. The normalized spacial score (nSPS) is 16.8. The van der Waals surface area contributed by atoms with Gasteiger partial charge in [0, 0.05) is 12.1 Å². The first-order chi connectivity index (χ1) is 16.0. The summed E-state index contributed by atoms with van der Waals surface area (Å²) in [5, 5.41) is 9.60. The van der Waals surface area contributed by atoms with E-state index in [1.54, 1.807) is 0 Å². The summed E-state index contributed by atoms with van der Waals surface area (Å²) >= 11 is 0. The summed E-state index contributed by atoms with van der Waals surface area (Å²) in [6.45, 7) is 5.55. The van der Waals surface area contributed by atoms with Crippen molar-refractivity contribution < 1.29 is 14.3 Å². The highest BCUT2D eigenvalue weighted by Gasteiger charge is 2.28. The van der Waals surface area contributed by atoms with Gasteiger partial charge < -0.3 is 9.52 Å². The van der Waals surface area contributed by atoms with Gasteiger partial charge in [0.1, 0.15) is 11.6 Å². The van der Waals surface area contributed by atoms with Crippen molar-refractivity contribution in [1.29, 1.82) is 0 Å². The van der Waals surface area contributed by atoms with Crippen LogP contribution in [0.3, 0.4) is 0 Å². The van der Waals surface area contributed by atoms with Gasteiger partial charge in [-0.25, -0.2) is 4.98 Å². The number of benzene rings is 3. The summed E-state index contributed by atoms with van der Waals surface area (Å²) in [4.78, 5) is 18.6. The fourth-order valence-electron chi connectivity index (χ4n) is 4.97. The standard InChI is InChI=1S/C28H28N2O3/c1-18-15-20(17-30-14-7-6-13-25(30)28(31)32)16-24-26(18)33-27(29-24)23-12-8-11-22(19(23)2)21-9-4-3-5-10-21/h3-5,8-12,15-16,25H,6-7,13-14,17H2,1-2H3,(H,31,32). The molecule has 168 valence electrons. The Kier molecular flexibility index (Phi) is 5.73. The second kappa shape index (κ2) is 8.83. The van der Waals surface area contributed by atoms with E-state index in [-0.39, 0.29) is 0 Å². The van der Waals surface area contributed by atoms with E-state index >= 15 is 0 Å². The van der Waals surface area contributed by atoms with Crippen molar-refractivity contribution in [2.24, 2.45) is 0 Å². The van der Waals surface area contributed by atoms with Crippen LogP contribution in [0.2, 0.25) is 0 Å². The lowest BCUT2D eigenvalue weighted by atomic mass is 9.96. The highest BCUT2D eigenvalue weighted by molar-refractivity contribution is 5.82. The first-order valence-electron chi connectivity index (χ1n) is 11.5. The average Bonchev–Trinajstić information content (AvgIpc) is 3.24. The van der Waals surface area contributed by atoms with Crippen LogP contribution in [-0.4, -0.2) is 33.5 Å². The van der Waals surface area contributed by atoms with Crippen molar-refractivity contribution in [3.63, 3.8) is 0 Å². The first kappa shape index (κ1) is 21.4. The Morgan fingerprint density at radius 2 is 1.85 bits per heavy atom. The number of carbonyl (C=O) groups is 1. The first-order valence-corrected chi connectivity index (χ1v) is 11.5. The Bertz CT molecular complexity index is 1310. The number of rotatable bonds is 5. The molecule has 1 aliphatic heterocycles. The molecule has 4 aromatic rings. The number of aromatic nitrogens is 1. The SMILES string of the molecule is Cc1c(-c2ccccc2)cccc1-c1nc2cc(CN3CCCCC3C(=O)O)cc(C)c2o1. The van der Waals surface area contributed by atoms with Gasteiger partial charge in [0.25, 0.3) is 0 Å². The molecule has 5 rings (SSSR count). The number of likely N-dealkylation sites (tertiary alicyclic amines) is 1. The molecule has 0 spiro atoms. The number of oxazole rings is 1. The lowest BCUT2D eigenvalue weighted by molar-refractivity contribution is -0.144. The smallest absolute Gasteiger partial charge is 0.320 e. The van der Waals surface area contributed by atoms with Crippen LogP contribution >= 0.6 is 0 Å². The fourth-order valence-corrected chi connectivity index (χ4v) is 4.97. The summed E-state index contributed by atoms with van der Waals surface area (Å²) in [6.07, 6.45) is 2.72. The van der Waals surface area contributed by atoms with Crippen LogP contribution in [0.15, 0.2) is 65.1 Å². The fraction of sp³-hybridized carbons (Fsp3) is 0.286. The van der Waals surface area contributed by atoms with Crippen molar-refractivity contribution in [2.75, 3.05) is 6.54 Å². The van der Waals surface area contributed by atoms with Gasteiger partial charge >= 0.3 is 5.97 Å². The predicted molar refractivity (Wildman–Crippen MR) is 130 cm³/mol. The van der Waals surface area contributed by atoms with Gasteiger partial charge in [-0.15, -0.1) is 0 Å². The molecule has 0 amide bonds. The number of piperidine rings is 1. The summed E-state index contributed by atoms with van der Waals surface area (Å²) in [5.41, 5.74) is 8.13. The van der Waals surface area contributed by atoms with Gasteiger partial charge in [-0.1, -0.05) is 55.0 Å². The lowest BCUT2D eigenvalue weighted by Crippen LogP contribution is -2.44. The molecule has 0 aliphatic carbocycles. The Hall–Kier alpha value is -3.44. The minimum Gasteiger partial charge on any atom is -0.480 e. The largest absolute Gasteiger partial charge is 0.480 e. The molecule has 1 aliphatic rings. The minimum atomic E-state index is -0.731. The summed E-state index contributed by atoms with van der Waals surface area (Å²) in [6, 6.07) is 20.3. The van der Waals surface area contributed by atoms with E-state index in [0.717, 1.165) is 58.3 Å². The van der Waals surface area contributed by atoms with Crippen LogP contribution in [0.25, 0.3) is 33.7 Å². The summed E-state index contributed by atoms with van der Waals surface area (Å²) in [5.74, 6) is -0.119. The van der Waals surface area contributed by atoms with E-state index < -0.39 is 12.0 Å². The predicted octanol–water partition coefficient (Wildman–Crippen LogP) is 6.22. The average molecular weight is 441 g/mol. The van der Waals surface area contributed by atoms with Crippen molar-refractivity contribution in [3.05, 3.63) is 77.4 Å². The van der Waals surface area contributed by atoms with E-state index in [0.29, 0.717) is 18.9 Å². The zero-order valence-electron chi connectivity index (χ0n) is 19.0. The molecule has 5 nitrogen and oxygen atoms in total. The molecule has 1 saturated heterocycles. The van der Waals surface area contributed by atoms with E-state index in [2.05, 4.69) is 36.1 Å². The molecular formula is C28H28N2O3. The van der Waals surface area contributed by atoms with Crippen LogP contribution < -0.4 is 0 Å². The number of nitrogens with zero attached hydrogens (tertiary/aromatic N) is 2. The van der Waals surface area contributed by atoms with Gasteiger partial charge in [-0.05, 0) is 73.2 Å². The molecule has 33 heavy (non-hydrogen) atoms. The molecule has 0 saturated carbocycles. The maximum atomic E-state index is 11.7. The summed E-state index contributed by atoms with van der Waals surface area (Å²) < 4.78 is 6.24. The molecule has 1 N–H and O–H groups in total. The van der Waals surface area contributed by atoms with Gasteiger partial charge in [0.05, 0.1) is 0 Å². The summed E-state index contributed by atoms with van der Waals surface area (Å²) in [7, 11) is 0. The van der Waals surface area contributed by atoms with Crippen LogP contribution in [0.5, 0.6) is 0 Å². The van der Waals surface area contributed by atoms with Gasteiger partial charge in [0.15, 0.2) is 5.58 Å². The number of carboxylic acids is 1. The number of carboxylic acid groups (broad SMARTS) is 1. The Labute approximate surface area is 193 Å². The van der Waals surface area contributed by atoms with Crippen LogP contribution in [0, 0.1) is 13.8 Å². The molecule has 0 bridgehead atoms. The number of aliphatic carboxylic acids is 1. The monoisotopic (exact) mass is 440 g/mol. The Balaban J connectivity index is 1.50. The van der Waals surface area contributed by atoms with Crippen LogP contribution in [-0.2, 0) is 11.3 Å². The molecule has 1 aromatic heterocycles. The van der Waals surface area contributed by atoms with Gasteiger partial charge in [-0.3, -0.25) is 9.69 Å². The molecule has 1 unspecified atom stereocenters. The second-order valence-corrected chi connectivity index (χ2v) is 8.94. The number of aryl methyl sites for hydroxylation is 1. The van der Waals surface area contributed by atoms with Crippen molar-refractivity contribution in [3.8, 4) is 22.6 Å². The molecule has 1 atom stereocenters. The zero-order valence-corrected chi connectivity index (χ0v) is 19.0.